The van der Waals surface area contributed by atoms with Gasteiger partial charge in [0.15, 0.2) is 0 Å². The first kappa shape index (κ1) is 20.1. The lowest BCUT2D eigenvalue weighted by molar-refractivity contribution is -0.113. The maximum atomic E-state index is 13.1. The minimum absolute atomic E-state index is 0.134. The summed E-state index contributed by atoms with van der Waals surface area (Å²) in [6, 6.07) is 11.2. The van der Waals surface area contributed by atoms with Crippen molar-refractivity contribution in [1.29, 1.82) is 0 Å². The lowest BCUT2D eigenvalue weighted by Crippen LogP contribution is -2.46. The van der Waals surface area contributed by atoms with Crippen LogP contribution in [0, 0.1) is 0 Å². The SMILES string of the molecule is COc1ccccc1NC(=O)C1=C(C)NC(=O)N[C@H]1c1ccccc1OC(F)F. The highest BCUT2D eigenvalue weighted by Gasteiger charge is 2.33. The normalized spacial score (nSPS) is 16.2. The number of halogens is 2. The van der Waals surface area contributed by atoms with Gasteiger partial charge in [-0.1, -0.05) is 30.3 Å². The van der Waals surface area contributed by atoms with Gasteiger partial charge >= 0.3 is 12.6 Å². The fourth-order valence-electron chi connectivity index (χ4n) is 3.09. The first-order chi connectivity index (χ1) is 13.9. The molecule has 7 nitrogen and oxygen atoms in total. The van der Waals surface area contributed by atoms with Crippen LogP contribution >= 0.6 is 0 Å². The van der Waals surface area contributed by atoms with Crippen molar-refractivity contribution in [3.8, 4) is 11.5 Å². The lowest BCUT2D eigenvalue weighted by Gasteiger charge is -2.29. The van der Waals surface area contributed by atoms with Gasteiger partial charge in [-0.25, -0.2) is 4.79 Å². The molecule has 0 saturated heterocycles. The largest absolute Gasteiger partial charge is 0.495 e. The number of nitrogens with one attached hydrogen (secondary N) is 3. The standard InChI is InChI=1S/C20H19F2N3O4/c1-11-16(18(26)24-13-8-4-6-10-15(13)28-2)17(25-20(27)23-11)12-7-3-5-9-14(12)29-19(21)22/h3-10,17,19H,1-2H3,(H,24,26)(H2,23,25,27)/t17-/m0/s1. The summed E-state index contributed by atoms with van der Waals surface area (Å²) >= 11 is 0. The molecular formula is C20H19F2N3O4. The molecule has 0 radical (unpaired) electrons. The molecule has 0 aromatic heterocycles. The third-order valence-electron chi connectivity index (χ3n) is 4.32. The molecule has 0 aliphatic carbocycles. The Hall–Kier alpha value is -3.62. The fraction of sp³-hybridized carbons (Fsp3) is 0.200. The number of allylic oxidation sites excluding steroid dienone is 1. The Balaban J connectivity index is 2.00. The van der Waals surface area contributed by atoms with E-state index in [-0.39, 0.29) is 22.6 Å². The number of alkyl halides is 2. The van der Waals surface area contributed by atoms with E-state index in [0.717, 1.165) is 0 Å². The molecule has 0 spiro atoms. The summed E-state index contributed by atoms with van der Waals surface area (Å²) in [7, 11) is 1.47. The molecule has 152 valence electrons. The van der Waals surface area contributed by atoms with Crippen molar-refractivity contribution in [3.05, 3.63) is 65.4 Å². The zero-order valence-electron chi connectivity index (χ0n) is 15.7. The molecule has 1 atom stereocenters. The van der Waals surface area contributed by atoms with Gasteiger partial charge in [0.1, 0.15) is 11.5 Å². The number of amides is 3. The van der Waals surface area contributed by atoms with Crippen molar-refractivity contribution in [1.82, 2.24) is 10.6 Å². The number of carbonyl (C=O) groups is 2. The fourth-order valence-corrected chi connectivity index (χ4v) is 3.09. The zero-order chi connectivity index (χ0) is 21.0. The third kappa shape index (κ3) is 4.45. The van der Waals surface area contributed by atoms with Gasteiger partial charge in [0.05, 0.1) is 24.4 Å². The van der Waals surface area contributed by atoms with Gasteiger partial charge in [-0.05, 0) is 25.1 Å². The van der Waals surface area contributed by atoms with E-state index >= 15 is 0 Å². The summed E-state index contributed by atoms with van der Waals surface area (Å²) in [5.74, 6) is -0.216. The Morgan fingerprint density at radius 1 is 1.10 bits per heavy atom. The molecule has 3 N–H and O–H groups in total. The van der Waals surface area contributed by atoms with E-state index in [1.165, 1.54) is 25.3 Å². The Morgan fingerprint density at radius 3 is 2.45 bits per heavy atom. The van der Waals surface area contributed by atoms with Crippen LogP contribution in [-0.2, 0) is 4.79 Å². The molecule has 9 heteroatoms. The number of hydrogen-bond acceptors (Lipinski definition) is 4. The van der Waals surface area contributed by atoms with Crippen molar-refractivity contribution >= 4 is 17.6 Å². The van der Waals surface area contributed by atoms with Crippen LogP contribution in [0.5, 0.6) is 11.5 Å². The highest BCUT2D eigenvalue weighted by molar-refractivity contribution is 6.07. The van der Waals surface area contributed by atoms with Gasteiger partial charge < -0.3 is 25.4 Å². The molecule has 0 fully saturated rings. The summed E-state index contributed by atoms with van der Waals surface area (Å²) in [5, 5.41) is 7.86. The maximum Gasteiger partial charge on any atom is 0.387 e. The Bertz CT molecular complexity index is 962. The van der Waals surface area contributed by atoms with Crippen LogP contribution in [0.15, 0.2) is 59.8 Å². The number of para-hydroxylation sites is 3. The monoisotopic (exact) mass is 403 g/mol. The average molecular weight is 403 g/mol. The van der Waals surface area contributed by atoms with Crippen molar-refractivity contribution in [2.75, 3.05) is 12.4 Å². The molecule has 2 aromatic carbocycles. The van der Waals surface area contributed by atoms with Gasteiger partial charge in [-0.15, -0.1) is 0 Å². The second-order valence-electron chi connectivity index (χ2n) is 6.14. The first-order valence-corrected chi connectivity index (χ1v) is 8.67. The predicted molar refractivity (Wildman–Crippen MR) is 102 cm³/mol. The second kappa shape index (κ2) is 8.59. The third-order valence-corrected chi connectivity index (χ3v) is 4.32. The molecular weight excluding hydrogens is 384 g/mol. The summed E-state index contributed by atoms with van der Waals surface area (Å²) in [6.45, 7) is -1.50. The van der Waals surface area contributed by atoms with E-state index in [0.29, 0.717) is 11.4 Å². The summed E-state index contributed by atoms with van der Waals surface area (Å²) in [5.41, 5.74) is 1.10. The molecule has 1 aliphatic rings. The van der Waals surface area contributed by atoms with E-state index in [1.807, 2.05) is 0 Å². The van der Waals surface area contributed by atoms with E-state index < -0.39 is 24.6 Å². The van der Waals surface area contributed by atoms with Crippen LogP contribution in [-0.4, -0.2) is 25.7 Å². The van der Waals surface area contributed by atoms with Crippen molar-refractivity contribution in [3.63, 3.8) is 0 Å². The number of carbonyl (C=O) groups excluding carboxylic acids is 2. The number of methoxy groups -OCH3 is 1. The average Bonchev–Trinajstić information content (AvgIpc) is 2.67. The molecule has 1 heterocycles. The smallest absolute Gasteiger partial charge is 0.387 e. The number of rotatable bonds is 6. The minimum Gasteiger partial charge on any atom is -0.495 e. The van der Waals surface area contributed by atoms with Crippen LogP contribution in [0.3, 0.4) is 0 Å². The van der Waals surface area contributed by atoms with Crippen LogP contribution in [0.2, 0.25) is 0 Å². The topological polar surface area (TPSA) is 88.7 Å². The molecule has 29 heavy (non-hydrogen) atoms. The number of benzene rings is 2. The first-order valence-electron chi connectivity index (χ1n) is 8.67. The Kier molecular flexibility index (Phi) is 5.96. The van der Waals surface area contributed by atoms with Crippen molar-refractivity contribution in [2.45, 2.75) is 19.6 Å². The van der Waals surface area contributed by atoms with Gasteiger partial charge in [0.25, 0.3) is 5.91 Å². The molecule has 1 aliphatic heterocycles. The van der Waals surface area contributed by atoms with E-state index in [2.05, 4.69) is 20.7 Å². The quantitative estimate of drug-likeness (QED) is 0.688. The van der Waals surface area contributed by atoms with E-state index in [9.17, 15) is 18.4 Å². The summed E-state index contributed by atoms with van der Waals surface area (Å²) in [4.78, 5) is 25.1. The summed E-state index contributed by atoms with van der Waals surface area (Å²) in [6.07, 6.45) is 0. The number of urea groups is 1. The highest BCUT2D eigenvalue weighted by atomic mass is 19.3. The van der Waals surface area contributed by atoms with E-state index in [1.54, 1.807) is 37.3 Å². The van der Waals surface area contributed by atoms with Crippen molar-refractivity contribution in [2.24, 2.45) is 0 Å². The van der Waals surface area contributed by atoms with Gasteiger partial charge in [-0.2, -0.15) is 8.78 Å². The summed E-state index contributed by atoms with van der Waals surface area (Å²) < 4.78 is 35.4. The number of anilines is 1. The van der Waals surface area contributed by atoms with Crippen LogP contribution in [0.4, 0.5) is 19.3 Å². The highest BCUT2D eigenvalue weighted by Crippen LogP contribution is 2.35. The molecule has 2 aromatic rings. The second-order valence-corrected chi connectivity index (χ2v) is 6.14. The molecule has 3 amide bonds. The maximum absolute atomic E-state index is 13.1. The van der Waals surface area contributed by atoms with Crippen LogP contribution in [0.25, 0.3) is 0 Å². The zero-order valence-corrected chi connectivity index (χ0v) is 15.7. The molecule has 0 bridgehead atoms. The molecule has 0 unspecified atom stereocenters. The van der Waals surface area contributed by atoms with Gasteiger partial charge in [0.2, 0.25) is 0 Å². The lowest BCUT2D eigenvalue weighted by atomic mass is 9.94. The Labute approximate surface area is 165 Å². The Morgan fingerprint density at radius 2 is 1.76 bits per heavy atom. The molecule has 0 saturated carbocycles. The predicted octanol–water partition coefficient (Wildman–Crippen LogP) is 3.56. The van der Waals surface area contributed by atoms with Gasteiger partial charge in [-0.3, -0.25) is 4.79 Å². The van der Waals surface area contributed by atoms with Crippen LogP contribution < -0.4 is 25.4 Å². The van der Waals surface area contributed by atoms with E-state index in [4.69, 9.17) is 4.74 Å². The van der Waals surface area contributed by atoms with Crippen molar-refractivity contribution < 1.29 is 27.8 Å². The van der Waals surface area contributed by atoms with Crippen LogP contribution in [0.1, 0.15) is 18.5 Å². The number of ether oxygens (including phenoxy) is 2. The minimum atomic E-state index is -3.05. The molecule has 3 rings (SSSR count). The van der Waals surface area contributed by atoms with Gasteiger partial charge in [0, 0.05) is 11.3 Å². The number of hydrogen-bond donors (Lipinski definition) is 3.